The highest BCUT2D eigenvalue weighted by atomic mass is 127. The smallest absolute Gasteiger partial charge is 0.185 e. The fourth-order valence-corrected chi connectivity index (χ4v) is 1.77. The summed E-state index contributed by atoms with van der Waals surface area (Å²) in [6, 6.07) is 1.47. The third-order valence-corrected chi connectivity index (χ3v) is 2.40. The minimum Gasteiger partial charge on any atom is -0.297 e. The number of nitrogens with zero attached hydrogens (tertiary/aromatic N) is 1. The third kappa shape index (κ3) is 2.14. The highest BCUT2D eigenvalue weighted by Crippen LogP contribution is 2.28. The number of hydrogen-bond acceptors (Lipinski definition) is 2. The number of aliphatic imine (C=N–C) groups is 1. The number of carbonyl (C=O) groups excluding carboxylic acids is 1. The number of aldehydes is 1. The van der Waals surface area contributed by atoms with E-state index in [0.29, 0.717) is 9.86 Å². The Hall–Kier alpha value is -0.850. The van der Waals surface area contributed by atoms with Gasteiger partial charge in [-0.25, -0.2) is 13.8 Å². The highest BCUT2D eigenvalue weighted by molar-refractivity contribution is 14.1. The van der Waals surface area contributed by atoms with E-state index in [-0.39, 0.29) is 11.3 Å². The van der Waals surface area contributed by atoms with Crippen LogP contribution in [0, 0.1) is 22.1 Å². The van der Waals surface area contributed by atoms with E-state index >= 15 is 0 Å². The standard InChI is InChI=1S/C9H6F2INO/c1-5-4-6(12)9(13-2-3-14)8(11)7(5)10/h2-4H,1H3. The molecule has 0 N–H and O–H groups in total. The molecule has 0 saturated carbocycles. The highest BCUT2D eigenvalue weighted by Gasteiger charge is 2.13. The number of rotatable bonds is 2. The van der Waals surface area contributed by atoms with Gasteiger partial charge in [0.2, 0.25) is 0 Å². The molecular weight excluding hydrogens is 303 g/mol. The SMILES string of the molecule is Cc1cc(I)c(N=CC=O)c(F)c1F. The van der Waals surface area contributed by atoms with Crippen molar-refractivity contribution in [2.75, 3.05) is 0 Å². The van der Waals surface area contributed by atoms with Crippen LogP contribution in [0.25, 0.3) is 0 Å². The summed E-state index contributed by atoms with van der Waals surface area (Å²) in [5.41, 5.74) is 0.0813. The third-order valence-electron chi connectivity index (χ3n) is 1.58. The van der Waals surface area contributed by atoms with Crippen molar-refractivity contribution < 1.29 is 13.6 Å². The molecule has 5 heteroatoms. The molecule has 0 aromatic heterocycles. The summed E-state index contributed by atoms with van der Waals surface area (Å²) in [4.78, 5) is 13.5. The Kier molecular flexibility index (Phi) is 3.68. The molecule has 0 aliphatic heterocycles. The topological polar surface area (TPSA) is 29.4 Å². The zero-order chi connectivity index (χ0) is 10.7. The van der Waals surface area contributed by atoms with E-state index in [1.807, 2.05) is 22.6 Å². The lowest BCUT2D eigenvalue weighted by Crippen LogP contribution is -1.92. The van der Waals surface area contributed by atoms with E-state index in [0.717, 1.165) is 6.21 Å². The monoisotopic (exact) mass is 309 g/mol. The van der Waals surface area contributed by atoms with Gasteiger partial charge in [0.1, 0.15) is 5.69 Å². The molecule has 1 aromatic carbocycles. The predicted octanol–water partition coefficient (Wildman–Crippen LogP) is 2.78. The molecule has 0 unspecified atom stereocenters. The quantitative estimate of drug-likeness (QED) is 0.357. The minimum atomic E-state index is -1.02. The molecule has 0 bridgehead atoms. The molecule has 0 amide bonds. The van der Waals surface area contributed by atoms with E-state index < -0.39 is 11.6 Å². The van der Waals surface area contributed by atoms with E-state index in [1.165, 1.54) is 13.0 Å². The fraction of sp³-hybridized carbons (Fsp3) is 0.111. The Morgan fingerprint density at radius 2 is 2.07 bits per heavy atom. The first-order valence-corrected chi connectivity index (χ1v) is 4.77. The van der Waals surface area contributed by atoms with Gasteiger partial charge in [-0.1, -0.05) is 0 Å². The summed E-state index contributed by atoms with van der Waals surface area (Å²) in [5.74, 6) is -1.95. The van der Waals surface area contributed by atoms with Gasteiger partial charge in [-0.3, -0.25) is 4.79 Å². The van der Waals surface area contributed by atoms with E-state index in [1.54, 1.807) is 0 Å². The fourth-order valence-electron chi connectivity index (χ4n) is 0.927. The number of hydrogen-bond donors (Lipinski definition) is 0. The van der Waals surface area contributed by atoms with Gasteiger partial charge >= 0.3 is 0 Å². The van der Waals surface area contributed by atoms with Crippen LogP contribution in [0.5, 0.6) is 0 Å². The molecule has 0 heterocycles. The number of aryl methyl sites for hydroxylation is 1. The first-order chi connectivity index (χ1) is 6.57. The zero-order valence-corrected chi connectivity index (χ0v) is 9.38. The predicted molar refractivity (Wildman–Crippen MR) is 58.0 cm³/mol. The van der Waals surface area contributed by atoms with Gasteiger partial charge in [-0.15, -0.1) is 0 Å². The summed E-state index contributed by atoms with van der Waals surface area (Å²) in [6.07, 6.45) is 1.29. The Morgan fingerprint density at radius 1 is 1.43 bits per heavy atom. The van der Waals surface area contributed by atoms with Gasteiger partial charge in [0, 0.05) is 3.57 Å². The second-order valence-electron chi connectivity index (χ2n) is 2.57. The Labute approximate surface area is 93.2 Å². The molecule has 0 aliphatic rings. The van der Waals surface area contributed by atoms with Crippen LogP contribution in [0.15, 0.2) is 11.1 Å². The molecule has 1 rings (SSSR count). The van der Waals surface area contributed by atoms with Crippen molar-refractivity contribution in [1.82, 2.24) is 0 Å². The molecule has 0 saturated heterocycles. The number of benzene rings is 1. The van der Waals surface area contributed by atoms with Crippen LogP contribution >= 0.6 is 22.6 Å². The van der Waals surface area contributed by atoms with Crippen molar-refractivity contribution >= 4 is 40.8 Å². The molecule has 0 radical (unpaired) electrons. The lowest BCUT2D eigenvalue weighted by molar-refractivity contribution is -0.102. The lowest BCUT2D eigenvalue weighted by atomic mass is 10.2. The minimum absolute atomic E-state index is 0.138. The molecule has 74 valence electrons. The second-order valence-corrected chi connectivity index (χ2v) is 3.73. The van der Waals surface area contributed by atoms with Gasteiger partial charge in [0.05, 0.1) is 6.21 Å². The molecule has 1 aromatic rings. The Morgan fingerprint density at radius 3 is 2.64 bits per heavy atom. The largest absolute Gasteiger partial charge is 0.297 e. The summed E-state index contributed by atoms with van der Waals surface area (Å²) < 4.78 is 26.8. The Bertz CT molecular complexity index is 404. The number of carbonyl (C=O) groups is 1. The van der Waals surface area contributed by atoms with Gasteiger partial charge in [0.15, 0.2) is 17.9 Å². The van der Waals surface area contributed by atoms with Crippen LogP contribution in [-0.4, -0.2) is 12.5 Å². The average molecular weight is 309 g/mol. The molecule has 0 fully saturated rings. The van der Waals surface area contributed by atoms with Crippen molar-refractivity contribution in [1.29, 1.82) is 0 Å². The maximum Gasteiger partial charge on any atom is 0.185 e. The normalized spacial score (nSPS) is 10.9. The van der Waals surface area contributed by atoms with Crippen LogP contribution in [0.1, 0.15) is 5.56 Å². The molecule has 0 spiro atoms. The van der Waals surface area contributed by atoms with Gasteiger partial charge in [-0.05, 0) is 41.1 Å². The summed E-state index contributed by atoms with van der Waals surface area (Å²) in [6.45, 7) is 1.47. The van der Waals surface area contributed by atoms with Crippen LogP contribution in [0.2, 0.25) is 0 Å². The molecular formula is C9H6F2INO. The van der Waals surface area contributed by atoms with Gasteiger partial charge < -0.3 is 0 Å². The van der Waals surface area contributed by atoms with Crippen molar-refractivity contribution in [2.45, 2.75) is 6.92 Å². The summed E-state index contributed by atoms with van der Waals surface area (Å²) >= 11 is 1.83. The summed E-state index contributed by atoms with van der Waals surface area (Å²) in [5, 5.41) is 0. The van der Waals surface area contributed by atoms with Crippen molar-refractivity contribution in [3.8, 4) is 0 Å². The van der Waals surface area contributed by atoms with E-state index in [9.17, 15) is 13.6 Å². The van der Waals surface area contributed by atoms with Crippen molar-refractivity contribution in [3.63, 3.8) is 0 Å². The maximum absolute atomic E-state index is 13.2. The lowest BCUT2D eigenvalue weighted by Gasteiger charge is -2.03. The molecule has 14 heavy (non-hydrogen) atoms. The maximum atomic E-state index is 13.2. The molecule has 0 aliphatic carbocycles. The van der Waals surface area contributed by atoms with Crippen LogP contribution in [0.3, 0.4) is 0 Å². The molecule has 2 nitrogen and oxygen atoms in total. The first kappa shape index (κ1) is 11.2. The summed E-state index contributed by atoms with van der Waals surface area (Å²) in [7, 11) is 0. The van der Waals surface area contributed by atoms with Crippen LogP contribution in [0.4, 0.5) is 14.5 Å². The van der Waals surface area contributed by atoms with Gasteiger partial charge in [-0.2, -0.15) is 0 Å². The van der Waals surface area contributed by atoms with Gasteiger partial charge in [0.25, 0.3) is 0 Å². The molecule has 0 atom stereocenters. The Balaban J connectivity index is 3.36. The zero-order valence-electron chi connectivity index (χ0n) is 7.22. The van der Waals surface area contributed by atoms with Crippen LogP contribution < -0.4 is 0 Å². The number of halogens is 3. The average Bonchev–Trinajstić information content (AvgIpc) is 2.14. The van der Waals surface area contributed by atoms with E-state index in [2.05, 4.69) is 4.99 Å². The van der Waals surface area contributed by atoms with Crippen molar-refractivity contribution in [2.24, 2.45) is 4.99 Å². The first-order valence-electron chi connectivity index (χ1n) is 3.70. The van der Waals surface area contributed by atoms with Crippen LogP contribution in [-0.2, 0) is 4.79 Å². The van der Waals surface area contributed by atoms with E-state index in [4.69, 9.17) is 0 Å². The van der Waals surface area contributed by atoms with Crippen molar-refractivity contribution in [3.05, 3.63) is 26.8 Å². The second kappa shape index (κ2) is 4.59.